The first kappa shape index (κ1) is 21.6. The molecule has 0 spiro atoms. The Morgan fingerprint density at radius 1 is 1.06 bits per heavy atom. The van der Waals surface area contributed by atoms with E-state index in [-0.39, 0.29) is 11.4 Å². The molecular formula is C23H22N4O4S. The van der Waals surface area contributed by atoms with Crippen LogP contribution in [0.25, 0.3) is 6.08 Å². The summed E-state index contributed by atoms with van der Waals surface area (Å²) in [5.74, 6) is 1.55. The molecule has 9 heteroatoms. The number of nitrogens with zero attached hydrogens (tertiary/aromatic N) is 3. The molecule has 4 rings (SSSR count). The van der Waals surface area contributed by atoms with Gasteiger partial charge >= 0.3 is 0 Å². The molecule has 2 aliphatic heterocycles. The minimum Gasteiger partial charge on any atom is -0.493 e. The van der Waals surface area contributed by atoms with Gasteiger partial charge in [-0.3, -0.25) is 10.2 Å². The van der Waals surface area contributed by atoms with Gasteiger partial charge in [0.2, 0.25) is 0 Å². The first-order valence-corrected chi connectivity index (χ1v) is 11.0. The quantitative estimate of drug-likeness (QED) is 0.455. The van der Waals surface area contributed by atoms with Crippen molar-refractivity contribution in [3.05, 3.63) is 59.7 Å². The van der Waals surface area contributed by atoms with E-state index in [9.17, 15) is 4.79 Å². The molecule has 0 unspecified atom stereocenters. The number of para-hydroxylation sites is 1. The van der Waals surface area contributed by atoms with Crippen LogP contribution >= 0.6 is 11.8 Å². The normalized spacial score (nSPS) is 16.2. The van der Waals surface area contributed by atoms with E-state index in [1.807, 2.05) is 43.3 Å². The number of carbonyl (C=O) groups excluding carboxylic acids is 1. The SMILES string of the molecule is CCOc1cc(/C=C2\C(=N)N3N=CSC3=NC2=O)ccc1OCCCOc1ccccc1. The van der Waals surface area contributed by atoms with Crippen molar-refractivity contribution in [2.24, 2.45) is 10.1 Å². The average molecular weight is 451 g/mol. The second-order valence-electron chi connectivity index (χ2n) is 6.76. The number of amidine groups is 2. The number of hydrogen-bond acceptors (Lipinski definition) is 7. The van der Waals surface area contributed by atoms with Gasteiger partial charge in [0.05, 0.1) is 30.9 Å². The van der Waals surface area contributed by atoms with Crippen LogP contribution in [-0.2, 0) is 4.79 Å². The molecule has 1 N–H and O–H groups in total. The number of nitrogens with one attached hydrogen (secondary N) is 1. The third-order valence-corrected chi connectivity index (χ3v) is 5.21. The Balaban J connectivity index is 1.41. The number of carbonyl (C=O) groups is 1. The predicted molar refractivity (Wildman–Crippen MR) is 126 cm³/mol. The molecule has 2 aromatic carbocycles. The number of hydrogen-bond donors (Lipinski definition) is 1. The minimum absolute atomic E-state index is 0.00190. The summed E-state index contributed by atoms with van der Waals surface area (Å²) in [6.07, 6.45) is 2.33. The summed E-state index contributed by atoms with van der Waals surface area (Å²) in [6, 6.07) is 15.0. The maximum absolute atomic E-state index is 12.4. The molecule has 8 nitrogen and oxygen atoms in total. The molecule has 0 saturated carbocycles. The van der Waals surface area contributed by atoms with Crippen molar-refractivity contribution in [1.29, 1.82) is 5.41 Å². The van der Waals surface area contributed by atoms with Crippen LogP contribution in [-0.4, -0.2) is 47.3 Å². The lowest BCUT2D eigenvalue weighted by atomic mass is 10.1. The highest BCUT2D eigenvalue weighted by Gasteiger charge is 2.32. The van der Waals surface area contributed by atoms with Crippen molar-refractivity contribution in [2.45, 2.75) is 13.3 Å². The Hall–Kier alpha value is -3.59. The summed E-state index contributed by atoms with van der Waals surface area (Å²) in [4.78, 5) is 16.4. The van der Waals surface area contributed by atoms with E-state index in [0.717, 1.165) is 5.75 Å². The first-order valence-electron chi connectivity index (χ1n) is 10.2. The van der Waals surface area contributed by atoms with Gasteiger partial charge in [0.1, 0.15) is 5.75 Å². The van der Waals surface area contributed by atoms with E-state index in [0.29, 0.717) is 48.5 Å². The van der Waals surface area contributed by atoms with Gasteiger partial charge in [0, 0.05) is 6.42 Å². The molecule has 0 atom stereocenters. The van der Waals surface area contributed by atoms with Gasteiger partial charge in [-0.15, -0.1) is 0 Å². The van der Waals surface area contributed by atoms with Gasteiger partial charge in [0.25, 0.3) is 5.91 Å². The number of amides is 1. The third kappa shape index (κ3) is 5.00. The molecule has 32 heavy (non-hydrogen) atoms. The topological polar surface area (TPSA) is 96.6 Å². The number of benzene rings is 2. The Kier molecular flexibility index (Phi) is 6.86. The zero-order chi connectivity index (χ0) is 22.3. The summed E-state index contributed by atoms with van der Waals surface area (Å²) in [7, 11) is 0. The predicted octanol–water partition coefficient (Wildman–Crippen LogP) is 4.18. The third-order valence-electron chi connectivity index (χ3n) is 4.53. The molecule has 1 amide bonds. The fourth-order valence-electron chi connectivity index (χ4n) is 3.05. The number of fused-ring (bicyclic) bond motifs is 1. The number of aliphatic imine (C=N–C) groups is 1. The van der Waals surface area contributed by atoms with Crippen LogP contribution in [0.15, 0.2) is 64.2 Å². The lowest BCUT2D eigenvalue weighted by Crippen LogP contribution is -2.35. The van der Waals surface area contributed by atoms with Crippen molar-refractivity contribution in [3.8, 4) is 17.2 Å². The second-order valence-corrected chi connectivity index (χ2v) is 7.57. The van der Waals surface area contributed by atoms with Gasteiger partial charge < -0.3 is 14.2 Å². The highest BCUT2D eigenvalue weighted by atomic mass is 32.2. The molecule has 0 saturated heterocycles. The van der Waals surface area contributed by atoms with E-state index in [1.165, 1.54) is 16.8 Å². The standard InChI is InChI=1S/C23H22N4O4S/c1-2-29-20-14-16(13-18-21(24)27-23(26-22(18)28)32-15-25-27)9-10-19(20)31-12-6-11-30-17-7-4-3-5-8-17/h3-5,7-10,13-15,24H,2,6,11-12H2,1H3/b18-13+,24-21?. The van der Waals surface area contributed by atoms with Crippen LogP contribution in [0.4, 0.5) is 0 Å². The molecule has 0 fully saturated rings. The second kappa shape index (κ2) is 10.1. The summed E-state index contributed by atoms with van der Waals surface area (Å²) < 4.78 is 17.3. The summed E-state index contributed by atoms with van der Waals surface area (Å²) in [5, 5.41) is 14.1. The number of hydrazone groups is 1. The van der Waals surface area contributed by atoms with Crippen LogP contribution in [0.1, 0.15) is 18.9 Å². The van der Waals surface area contributed by atoms with Gasteiger partial charge in [-0.2, -0.15) is 15.1 Å². The van der Waals surface area contributed by atoms with Gasteiger partial charge in [0.15, 0.2) is 22.5 Å². The van der Waals surface area contributed by atoms with Crippen molar-refractivity contribution < 1.29 is 19.0 Å². The number of rotatable bonds is 9. The number of ether oxygens (including phenoxy) is 3. The number of thioether (sulfide) groups is 1. The fraction of sp³-hybridized carbons (Fsp3) is 0.217. The van der Waals surface area contributed by atoms with Gasteiger partial charge in [-0.1, -0.05) is 24.3 Å². The molecule has 0 aliphatic carbocycles. The molecule has 2 heterocycles. The minimum atomic E-state index is -0.462. The monoisotopic (exact) mass is 450 g/mol. The Bertz CT molecular complexity index is 1100. The van der Waals surface area contributed by atoms with Crippen molar-refractivity contribution in [3.63, 3.8) is 0 Å². The van der Waals surface area contributed by atoms with Crippen molar-refractivity contribution in [2.75, 3.05) is 19.8 Å². The lowest BCUT2D eigenvalue weighted by Gasteiger charge is -2.20. The largest absolute Gasteiger partial charge is 0.493 e. The molecular weight excluding hydrogens is 428 g/mol. The van der Waals surface area contributed by atoms with Gasteiger partial charge in [-0.25, -0.2) is 0 Å². The van der Waals surface area contributed by atoms with E-state index < -0.39 is 5.91 Å². The van der Waals surface area contributed by atoms with Crippen LogP contribution in [0.2, 0.25) is 0 Å². The zero-order valence-electron chi connectivity index (χ0n) is 17.5. The smallest absolute Gasteiger partial charge is 0.283 e. The molecule has 2 aliphatic rings. The Morgan fingerprint density at radius 2 is 1.88 bits per heavy atom. The van der Waals surface area contributed by atoms with E-state index >= 15 is 0 Å². The summed E-state index contributed by atoms with van der Waals surface area (Å²) in [6.45, 7) is 3.37. The molecule has 0 bridgehead atoms. The molecule has 0 aromatic heterocycles. The Morgan fingerprint density at radius 3 is 2.69 bits per heavy atom. The first-order chi connectivity index (χ1) is 15.7. The average Bonchev–Trinajstić information content (AvgIpc) is 3.27. The van der Waals surface area contributed by atoms with Crippen LogP contribution < -0.4 is 14.2 Å². The van der Waals surface area contributed by atoms with Crippen molar-refractivity contribution >= 4 is 40.3 Å². The summed E-state index contributed by atoms with van der Waals surface area (Å²) in [5.41, 5.74) is 2.42. The molecule has 2 aromatic rings. The summed E-state index contributed by atoms with van der Waals surface area (Å²) >= 11 is 1.21. The van der Waals surface area contributed by atoms with E-state index in [4.69, 9.17) is 19.6 Å². The van der Waals surface area contributed by atoms with E-state index in [2.05, 4.69) is 10.1 Å². The maximum Gasteiger partial charge on any atom is 0.283 e. The van der Waals surface area contributed by atoms with Gasteiger partial charge in [-0.05, 0) is 54.6 Å². The fourth-order valence-corrected chi connectivity index (χ4v) is 3.66. The van der Waals surface area contributed by atoms with Crippen LogP contribution in [0.3, 0.4) is 0 Å². The lowest BCUT2D eigenvalue weighted by molar-refractivity contribution is -0.114. The van der Waals surface area contributed by atoms with Crippen LogP contribution in [0, 0.1) is 5.41 Å². The van der Waals surface area contributed by atoms with Crippen molar-refractivity contribution in [1.82, 2.24) is 5.01 Å². The highest BCUT2D eigenvalue weighted by Crippen LogP contribution is 2.31. The zero-order valence-corrected chi connectivity index (χ0v) is 18.3. The van der Waals surface area contributed by atoms with E-state index in [1.54, 1.807) is 23.8 Å². The highest BCUT2D eigenvalue weighted by molar-refractivity contribution is 8.25. The Labute approximate surface area is 190 Å². The van der Waals surface area contributed by atoms with Crippen LogP contribution in [0.5, 0.6) is 17.2 Å². The molecule has 164 valence electrons. The maximum atomic E-state index is 12.4. The molecule has 0 radical (unpaired) electrons.